The molecule has 85 heavy (non-hydrogen) atoms. The molecule has 0 aromatic heterocycles. The van der Waals surface area contributed by atoms with Crippen LogP contribution in [0, 0.1) is 20.2 Å². The quantitative estimate of drug-likeness (QED) is 0.0135. The predicted octanol–water partition coefficient (Wildman–Crippen LogP) is 8.14. The van der Waals surface area contributed by atoms with Crippen LogP contribution in [0.1, 0.15) is 0 Å². The standard InChI is InChI=1S/C42H28N12O25S6/c43-35-34-19(14-33(85(77,78)79-44)36(35)49-45-20-1-5-24-17(9-20)11-30(82(68,69)70)37(40(24)55)51-47-26-7-3-22(53(58)59)15-28(26)80(62,63)64)13-32(84(74,75)76)39(42(34)57)50-46-21-2-6-25-18(10-21)12-31(83(71,72)73)38(41(25)56)52-48-27-8-4-23(54(60)61)16-29(27)81(65,66)67/h1-16,55-57H,43-44H2,(H,62,63,64)(H,65,66,67)(H,68,69,70)(H,71,72,73)(H,74,75,76). The molecule has 43 heteroatoms. The van der Waals surface area contributed by atoms with E-state index in [1.54, 1.807) is 0 Å². The maximum absolute atomic E-state index is 13.2. The molecule has 0 unspecified atom stereocenters. The Kier molecular flexibility index (Phi) is 15.8. The maximum atomic E-state index is 13.2. The molecule has 8 aromatic rings. The van der Waals surface area contributed by atoms with Crippen LogP contribution in [0.5, 0.6) is 17.2 Å². The summed E-state index contributed by atoms with van der Waals surface area (Å²) < 4.78 is 205. The van der Waals surface area contributed by atoms with Gasteiger partial charge < -0.3 is 21.1 Å². The fourth-order valence-electron chi connectivity index (χ4n) is 7.77. The molecule has 0 spiro atoms. The van der Waals surface area contributed by atoms with Gasteiger partial charge in [0.05, 0.1) is 32.3 Å². The van der Waals surface area contributed by atoms with Gasteiger partial charge in [-0.2, -0.15) is 70.9 Å². The molecule has 0 aliphatic carbocycles. The van der Waals surface area contributed by atoms with E-state index in [9.17, 15) is 109 Å². The first kappa shape index (κ1) is 61.4. The van der Waals surface area contributed by atoms with E-state index in [0.717, 1.165) is 48.5 Å². The number of aromatic hydroxyl groups is 3. The number of hydrogen-bond acceptors (Lipinski definition) is 30. The molecule has 0 heterocycles. The van der Waals surface area contributed by atoms with E-state index in [2.05, 4.69) is 45.2 Å². The maximum Gasteiger partial charge on any atom is 0.315 e. The van der Waals surface area contributed by atoms with Crippen LogP contribution in [0.15, 0.2) is 167 Å². The predicted molar refractivity (Wildman–Crippen MR) is 286 cm³/mol. The van der Waals surface area contributed by atoms with Crippen molar-refractivity contribution in [1.29, 1.82) is 0 Å². The van der Waals surface area contributed by atoms with Crippen LogP contribution in [-0.4, -0.2) is 98.4 Å². The second kappa shape index (κ2) is 21.8. The number of nitro groups is 2. The first-order valence-corrected chi connectivity index (χ1v) is 30.4. The summed E-state index contributed by atoms with van der Waals surface area (Å²) in [5.41, 5.74) is -2.63. The summed E-state index contributed by atoms with van der Waals surface area (Å²) in [6.45, 7) is 0. The van der Waals surface area contributed by atoms with Gasteiger partial charge in [-0.3, -0.25) is 43.0 Å². The zero-order chi connectivity index (χ0) is 62.8. The fourth-order valence-corrected chi connectivity index (χ4v) is 11.8. The third kappa shape index (κ3) is 12.4. The Hall–Kier alpha value is -9.64. The zero-order valence-corrected chi connectivity index (χ0v) is 45.7. The van der Waals surface area contributed by atoms with Gasteiger partial charge >= 0.3 is 10.1 Å². The van der Waals surface area contributed by atoms with Crippen LogP contribution < -0.4 is 11.6 Å². The third-order valence-corrected chi connectivity index (χ3v) is 17.0. The van der Waals surface area contributed by atoms with E-state index in [1.807, 2.05) is 0 Å². The number of fused-ring (bicyclic) bond motifs is 3. The highest BCUT2D eigenvalue weighted by Gasteiger charge is 2.31. The van der Waals surface area contributed by atoms with E-state index >= 15 is 0 Å². The second-order valence-corrected chi connectivity index (χ2v) is 25.3. The number of non-ortho nitro benzene ring substituents is 2. The lowest BCUT2D eigenvalue weighted by Gasteiger charge is -2.14. The minimum absolute atomic E-state index is 0.300. The number of benzene rings is 8. The third-order valence-electron chi connectivity index (χ3n) is 11.5. The van der Waals surface area contributed by atoms with Crippen LogP contribution in [0.3, 0.4) is 0 Å². The van der Waals surface area contributed by atoms with Crippen LogP contribution in [0.25, 0.3) is 32.3 Å². The second-order valence-electron chi connectivity index (χ2n) is 16.8. The molecular formula is C42H28N12O25S6. The van der Waals surface area contributed by atoms with Gasteiger partial charge in [0, 0.05) is 35.0 Å². The zero-order valence-electron chi connectivity index (χ0n) is 40.8. The monoisotopic (exact) mass is 1290 g/mol. The van der Waals surface area contributed by atoms with Crippen molar-refractivity contribution < 1.29 is 103 Å². The molecule has 37 nitrogen and oxygen atoms in total. The lowest BCUT2D eigenvalue weighted by molar-refractivity contribution is -0.385. The summed E-state index contributed by atoms with van der Waals surface area (Å²) in [6, 6.07) is 12.2. The summed E-state index contributed by atoms with van der Waals surface area (Å²) in [6.07, 6.45) is 0. The van der Waals surface area contributed by atoms with Crippen LogP contribution in [0.2, 0.25) is 0 Å². The number of rotatable bonds is 17. The van der Waals surface area contributed by atoms with E-state index in [1.165, 1.54) is 0 Å². The molecular weight excluding hydrogens is 1260 g/mol. The molecule has 0 aliphatic rings. The largest absolute Gasteiger partial charge is 0.505 e. The Balaban J connectivity index is 1.22. The Bertz CT molecular complexity index is 5160. The van der Waals surface area contributed by atoms with Crippen molar-refractivity contribution in [3.05, 3.63) is 117 Å². The van der Waals surface area contributed by atoms with Crippen LogP contribution in [0.4, 0.5) is 62.6 Å². The number of nitro benzene ring substituents is 2. The Morgan fingerprint density at radius 2 is 0.741 bits per heavy atom. The van der Waals surface area contributed by atoms with Crippen molar-refractivity contribution in [2.45, 2.75) is 29.4 Å². The topological polar surface area (TPSA) is 613 Å². The number of nitrogens with zero attached hydrogens (tertiary/aromatic N) is 10. The molecule has 12 N–H and O–H groups in total. The Morgan fingerprint density at radius 1 is 0.400 bits per heavy atom. The first-order valence-electron chi connectivity index (χ1n) is 21.8. The summed E-state index contributed by atoms with van der Waals surface area (Å²) in [5.74, 6) is 1.65. The highest BCUT2D eigenvalue weighted by Crippen LogP contribution is 2.50. The number of phenolic OH excluding ortho intramolecular Hbond substituents is 3. The Labute approximate surface area is 472 Å². The molecule has 0 saturated heterocycles. The minimum atomic E-state index is -5.51. The number of phenols is 3. The Morgan fingerprint density at radius 3 is 1.11 bits per heavy atom. The molecule has 0 bridgehead atoms. The lowest BCUT2D eigenvalue weighted by atomic mass is 10.0. The highest BCUT2D eigenvalue weighted by molar-refractivity contribution is 7.87. The summed E-state index contributed by atoms with van der Waals surface area (Å²) in [4.78, 5) is 13.3. The molecule has 8 rings (SSSR count). The molecule has 0 saturated carbocycles. The van der Waals surface area contributed by atoms with E-state index in [0.29, 0.717) is 48.5 Å². The van der Waals surface area contributed by atoms with E-state index in [-0.39, 0.29) is 32.9 Å². The molecule has 0 amide bonds. The van der Waals surface area contributed by atoms with E-state index < -0.39 is 179 Å². The minimum Gasteiger partial charge on any atom is -0.505 e. The molecule has 8 aromatic carbocycles. The van der Waals surface area contributed by atoms with Gasteiger partial charge in [-0.1, -0.05) is 0 Å². The normalized spacial score (nSPS) is 13.2. The van der Waals surface area contributed by atoms with Gasteiger partial charge in [0.2, 0.25) is 0 Å². The van der Waals surface area contributed by atoms with Crippen molar-refractivity contribution in [3.8, 4) is 17.2 Å². The van der Waals surface area contributed by atoms with Gasteiger partial charge in [-0.25, -0.2) is 0 Å². The van der Waals surface area contributed by atoms with Gasteiger partial charge in [0.25, 0.3) is 62.0 Å². The average molecular weight is 1290 g/mol. The van der Waals surface area contributed by atoms with Crippen molar-refractivity contribution in [2.75, 3.05) is 5.73 Å². The van der Waals surface area contributed by atoms with Crippen molar-refractivity contribution in [3.63, 3.8) is 0 Å². The number of nitrogen functional groups attached to an aromatic ring is 1. The average Bonchev–Trinajstić information content (AvgIpc) is 3.55. The first-order chi connectivity index (χ1) is 39.3. The number of anilines is 1. The SMILES string of the molecule is NOS(=O)(=O)c1cc2cc(S(=O)(=O)O)c(N=Nc3ccc4c(O)c(N=Nc5ccc([N+](=O)[O-])cc5S(=O)(=O)O)c(S(=O)(=O)O)cc4c3)c(O)c2c(N)c1N=Nc1ccc2c(O)c(N=Nc3ccc([N+](=O)[O-])cc3S(=O)(=O)O)c(S(=O)(=O)O)cc2c1. The molecule has 0 aliphatic heterocycles. The van der Waals surface area contributed by atoms with Crippen LogP contribution >= 0.6 is 0 Å². The number of azo groups is 4. The van der Waals surface area contributed by atoms with Gasteiger partial charge in [-0.15, -0.1) is 30.7 Å². The highest BCUT2D eigenvalue weighted by atomic mass is 32.2. The summed E-state index contributed by atoms with van der Waals surface area (Å²) in [7, 11) is -32.0. The van der Waals surface area contributed by atoms with Crippen molar-refractivity contribution >= 4 is 156 Å². The van der Waals surface area contributed by atoms with Crippen molar-refractivity contribution in [2.24, 2.45) is 46.8 Å². The summed E-state index contributed by atoms with van der Waals surface area (Å²) >= 11 is 0. The fraction of sp³-hybridized carbons (Fsp3) is 0. The van der Waals surface area contributed by atoms with Crippen molar-refractivity contribution in [1.82, 2.24) is 0 Å². The molecule has 0 atom stereocenters. The van der Waals surface area contributed by atoms with Gasteiger partial charge in [-0.05, 0) is 89.0 Å². The molecule has 442 valence electrons. The number of hydrogen-bond donors (Lipinski definition) is 10. The van der Waals surface area contributed by atoms with Crippen LogP contribution in [-0.2, 0) is 65.0 Å². The summed E-state index contributed by atoms with van der Waals surface area (Å²) in [5, 5.41) is 83.3. The van der Waals surface area contributed by atoms with E-state index in [4.69, 9.17) is 11.6 Å². The lowest BCUT2D eigenvalue weighted by Crippen LogP contribution is -2.12. The molecule has 0 radical (unpaired) electrons. The van der Waals surface area contributed by atoms with Gasteiger partial charge in [0.1, 0.15) is 63.5 Å². The van der Waals surface area contributed by atoms with Gasteiger partial charge in [0.15, 0.2) is 17.2 Å². The number of nitrogens with two attached hydrogens (primary N) is 2. The molecule has 0 fully saturated rings. The smallest absolute Gasteiger partial charge is 0.315 e.